The van der Waals surface area contributed by atoms with Crippen molar-refractivity contribution >= 4 is 17.6 Å². The number of pyridine rings is 1. The average molecular weight is 283 g/mol. The van der Waals surface area contributed by atoms with E-state index in [2.05, 4.69) is 4.98 Å². The van der Waals surface area contributed by atoms with Crippen molar-refractivity contribution in [2.75, 3.05) is 19.1 Å². The molecule has 0 aromatic carbocycles. The van der Waals surface area contributed by atoms with Gasteiger partial charge in [0, 0.05) is 7.05 Å². The van der Waals surface area contributed by atoms with E-state index in [4.69, 9.17) is 9.47 Å². The second kappa shape index (κ2) is 5.72. The molecule has 110 valence electrons. The number of hydrogen-bond acceptors (Lipinski definition) is 6. The van der Waals surface area contributed by atoms with Crippen molar-refractivity contribution in [1.29, 1.82) is 0 Å². The first kappa shape index (κ1) is 15.7. The third kappa shape index (κ3) is 3.81. The van der Waals surface area contributed by atoms with Gasteiger partial charge in [-0.1, -0.05) is 0 Å². The third-order valence-electron chi connectivity index (χ3n) is 2.24. The van der Waals surface area contributed by atoms with Crippen LogP contribution in [0.15, 0.2) is 12.3 Å². The summed E-state index contributed by atoms with van der Waals surface area (Å²) >= 11 is 0. The lowest BCUT2D eigenvalue weighted by molar-refractivity contribution is -0.384. The Morgan fingerprint density at radius 3 is 2.50 bits per heavy atom. The van der Waals surface area contributed by atoms with Crippen molar-refractivity contribution in [2.45, 2.75) is 26.4 Å². The molecule has 0 spiro atoms. The number of anilines is 1. The van der Waals surface area contributed by atoms with Crippen LogP contribution >= 0.6 is 0 Å². The van der Waals surface area contributed by atoms with E-state index in [1.54, 1.807) is 20.8 Å². The lowest BCUT2D eigenvalue weighted by atomic mass is 10.2. The molecular weight excluding hydrogens is 266 g/mol. The highest BCUT2D eigenvalue weighted by atomic mass is 16.6. The molecule has 0 aliphatic rings. The Bertz CT molecular complexity index is 524. The van der Waals surface area contributed by atoms with E-state index in [-0.39, 0.29) is 17.3 Å². The molecule has 1 rings (SSSR count). The Kier molecular flexibility index (Phi) is 4.49. The van der Waals surface area contributed by atoms with E-state index in [0.29, 0.717) is 0 Å². The molecule has 8 nitrogen and oxygen atoms in total. The standard InChI is InChI=1S/C12H17N3O5/c1-12(2,3)20-11(16)14(4)10-9(15(17)18)6-8(19-5)7-13-10/h6-7H,1-5H3. The van der Waals surface area contributed by atoms with Crippen LogP contribution in [0.1, 0.15) is 20.8 Å². The lowest BCUT2D eigenvalue weighted by Gasteiger charge is -2.23. The second-order valence-electron chi connectivity index (χ2n) is 5.01. The average Bonchev–Trinajstić information content (AvgIpc) is 2.35. The number of methoxy groups -OCH3 is 1. The predicted octanol–water partition coefficient (Wildman–Crippen LogP) is 2.37. The summed E-state index contributed by atoms with van der Waals surface area (Å²) in [5.41, 5.74) is -1.04. The molecule has 0 saturated heterocycles. The van der Waals surface area contributed by atoms with Gasteiger partial charge in [0.05, 0.1) is 24.3 Å². The minimum Gasteiger partial charge on any atom is -0.495 e. The van der Waals surface area contributed by atoms with Gasteiger partial charge >= 0.3 is 11.8 Å². The van der Waals surface area contributed by atoms with E-state index in [1.807, 2.05) is 0 Å². The highest BCUT2D eigenvalue weighted by molar-refractivity contribution is 5.88. The van der Waals surface area contributed by atoms with Crippen molar-refractivity contribution in [2.24, 2.45) is 0 Å². The lowest BCUT2D eigenvalue weighted by Crippen LogP contribution is -2.34. The molecule has 0 unspecified atom stereocenters. The minimum absolute atomic E-state index is 0.106. The van der Waals surface area contributed by atoms with Gasteiger partial charge < -0.3 is 9.47 Å². The molecule has 0 aliphatic heterocycles. The van der Waals surface area contributed by atoms with E-state index in [0.717, 1.165) is 4.90 Å². The van der Waals surface area contributed by atoms with E-state index < -0.39 is 16.6 Å². The van der Waals surface area contributed by atoms with E-state index in [9.17, 15) is 14.9 Å². The Morgan fingerprint density at radius 2 is 2.05 bits per heavy atom. The molecule has 0 aliphatic carbocycles. The zero-order chi connectivity index (χ0) is 15.5. The van der Waals surface area contributed by atoms with Crippen molar-refractivity contribution in [3.8, 4) is 5.75 Å². The quantitative estimate of drug-likeness (QED) is 0.624. The van der Waals surface area contributed by atoms with Crippen molar-refractivity contribution in [1.82, 2.24) is 4.98 Å². The molecule has 0 atom stereocenters. The zero-order valence-electron chi connectivity index (χ0n) is 12.0. The van der Waals surface area contributed by atoms with Crippen molar-refractivity contribution in [3.05, 3.63) is 22.4 Å². The summed E-state index contributed by atoms with van der Waals surface area (Å²) in [6, 6.07) is 1.20. The van der Waals surface area contributed by atoms with Gasteiger partial charge in [0.1, 0.15) is 11.4 Å². The Hall–Kier alpha value is -2.38. The SMILES string of the molecule is COc1cnc(N(C)C(=O)OC(C)(C)C)c([N+](=O)[O-])c1. The predicted molar refractivity (Wildman–Crippen MR) is 72.1 cm³/mol. The van der Waals surface area contributed by atoms with Crippen molar-refractivity contribution in [3.63, 3.8) is 0 Å². The summed E-state index contributed by atoms with van der Waals surface area (Å²) in [6.07, 6.45) is 0.571. The van der Waals surface area contributed by atoms with Crippen LogP contribution in [0.3, 0.4) is 0 Å². The number of nitrogens with zero attached hydrogens (tertiary/aromatic N) is 3. The van der Waals surface area contributed by atoms with Gasteiger partial charge in [0.15, 0.2) is 0 Å². The number of nitro groups is 1. The molecule has 0 bridgehead atoms. The maximum Gasteiger partial charge on any atom is 0.415 e. The van der Waals surface area contributed by atoms with Crippen LogP contribution in [0.4, 0.5) is 16.3 Å². The Balaban J connectivity index is 3.12. The smallest absolute Gasteiger partial charge is 0.415 e. The Morgan fingerprint density at radius 1 is 1.45 bits per heavy atom. The summed E-state index contributed by atoms with van der Waals surface area (Å²) in [5.74, 6) is 0.128. The number of aromatic nitrogens is 1. The fourth-order valence-electron chi connectivity index (χ4n) is 1.35. The van der Waals surface area contributed by atoms with E-state index >= 15 is 0 Å². The maximum atomic E-state index is 11.9. The molecular formula is C12H17N3O5. The van der Waals surface area contributed by atoms with E-state index in [1.165, 1.54) is 26.4 Å². The van der Waals surface area contributed by atoms with Gasteiger partial charge in [-0.25, -0.2) is 9.78 Å². The number of carbonyl (C=O) groups is 1. The second-order valence-corrected chi connectivity index (χ2v) is 5.01. The highest BCUT2D eigenvalue weighted by Crippen LogP contribution is 2.29. The molecule has 0 radical (unpaired) electrons. The van der Waals surface area contributed by atoms with Crippen LogP contribution < -0.4 is 9.64 Å². The van der Waals surface area contributed by atoms with Gasteiger partial charge in [-0.15, -0.1) is 0 Å². The van der Waals surface area contributed by atoms with Crippen molar-refractivity contribution < 1.29 is 19.2 Å². The van der Waals surface area contributed by atoms with Gasteiger partial charge in [-0.3, -0.25) is 15.0 Å². The first-order chi connectivity index (χ1) is 9.15. The molecule has 1 amide bonds. The van der Waals surface area contributed by atoms with Gasteiger partial charge in [-0.05, 0) is 20.8 Å². The summed E-state index contributed by atoms with van der Waals surface area (Å²) in [4.78, 5) is 27.2. The molecule has 0 N–H and O–H groups in total. The monoisotopic (exact) mass is 283 g/mol. The Labute approximate surface area is 116 Å². The molecule has 1 heterocycles. The largest absolute Gasteiger partial charge is 0.495 e. The first-order valence-corrected chi connectivity index (χ1v) is 5.81. The zero-order valence-corrected chi connectivity index (χ0v) is 12.0. The van der Waals surface area contributed by atoms with Crippen LogP contribution in [-0.4, -0.2) is 35.8 Å². The normalized spacial score (nSPS) is 10.8. The van der Waals surface area contributed by atoms with Crippen LogP contribution in [0.2, 0.25) is 0 Å². The highest BCUT2D eigenvalue weighted by Gasteiger charge is 2.27. The minimum atomic E-state index is -0.724. The summed E-state index contributed by atoms with van der Waals surface area (Å²) in [5, 5.41) is 11.0. The topological polar surface area (TPSA) is 94.8 Å². The van der Waals surface area contributed by atoms with Crippen LogP contribution in [0.5, 0.6) is 5.75 Å². The van der Waals surface area contributed by atoms with Gasteiger partial charge in [0.2, 0.25) is 5.82 Å². The summed E-state index contributed by atoms with van der Waals surface area (Å²) in [7, 11) is 2.73. The number of rotatable bonds is 3. The number of amides is 1. The summed E-state index contributed by atoms with van der Waals surface area (Å²) < 4.78 is 10.0. The first-order valence-electron chi connectivity index (χ1n) is 5.81. The van der Waals surface area contributed by atoms with Gasteiger partial charge in [-0.2, -0.15) is 0 Å². The number of hydrogen-bond donors (Lipinski definition) is 0. The molecule has 1 aromatic rings. The molecule has 8 heteroatoms. The fourth-order valence-corrected chi connectivity index (χ4v) is 1.35. The van der Waals surface area contributed by atoms with Gasteiger partial charge in [0.25, 0.3) is 0 Å². The molecule has 0 fully saturated rings. The maximum absolute atomic E-state index is 11.9. The van der Waals surface area contributed by atoms with Crippen LogP contribution in [-0.2, 0) is 4.74 Å². The number of ether oxygens (including phenoxy) is 2. The molecule has 20 heavy (non-hydrogen) atoms. The van der Waals surface area contributed by atoms with Crippen LogP contribution in [0.25, 0.3) is 0 Å². The number of carbonyl (C=O) groups excluding carboxylic acids is 1. The third-order valence-corrected chi connectivity index (χ3v) is 2.24. The molecule has 0 saturated carbocycles. The van der Waals surface area contributed by atoms with Crippen LogP contribution in [0, 0.1) is 10.1 Å². The molecule has 1 aromatic heterocycles. The fraction of sp³-hybridized carbons (Fsp3) is 0.500. The summed E-state index contributed by atoms with van der Waals surface area (Å²) in [6.45, 7) is 5.11.